The normalized spacial score (nSPS) is 11.9. The molecule has 0 fully saturated rings. The Morgan fingerprint density at radius 1 is 0.706 bits per heavy atom. The molecule has 6 nitrogen and oxygen atoms in total. The summed E-state index contributed by atoms with van der Waals surface area (Å²) < 4.78 is 0. The van der Waals surface area contributed by atoms with Crippen molar-refractivity contribution in [3.05, 3.63) is 71.8 Å². The molecule has 190 valence electrons. The summed E-state index contributed by atoms with van der Waals surface area (Å²) in [7, 11) is 0. The van der Waals surface area contributed by atoms with E-state index in [0.29, 0.717) is 6.42 Å². The third-order valence-corrected chi connectivity index (χ3v) is 5.63. The molecule has 0 bridgehead atoms. The summed E-state index contributed by atoms with van der Waals surface area (Å²) in [6.45, 7) is 2.17. The third-order valence-electron chi connectivity index (χ3n) is 4.67. The average molecular weight is 511 g/mol. The van der Waals surface area contributed by atoms with Gasteiger partial charge in [0.25, 0.3) is 0 Å². The van der Waals surface area contributed by atoms with Gasteiger partial charge in [-0.25, -0.2) is 0 Å². The van der Waals surface area contributed by atoms with Crippen molar-refractivity contribution in [1.29, 1.82) is 0 Å². The molecule has 2 rings (SSSR count). The highest BCUT2D eigenvalue weighted by molar-refractivity contribution is 7.80. The van der Waals surface area contributed by atoms with Crippen LogP contribution in [-0.2, 0) is 9.59 Å². The Morgan fingerprint density at radius 3 is 1.41 bits per heavy atom. The highest BCUT2D eigenvalue weighted by Crippen LogP contribution is 2.23. The van der Waals surface area contributed by atoms with Crippen LogP contribution in [0.4, 0.5) is 0 Å². The van der Waals surface area contributed by atoms with Crippen molar-refractivity contribution in [2.75, 3.05) is 0 Å². The zero-order valence-electron chi connectivity index (χ0n) is 19.7. The fourth-order valence-corrected chi connectivity index (χ4v) is 3.50. The van der Waals surface area contributed by atoms with Crippen LogP contribution in [0.3, 0.4) is 0 Å². The van der Waals surface area contributed by atoms with Gasteiger partial charge in [-0.05, 0) is 24.0 Å². The average Bonchev–Trinajstić information content (AvgIpc) is 2.80. The molecule has 8 heteroatoms. The number of benzene rings is 2. The van der Waals surface area contributed by atoms with Crippen LogP contribution in [-0.4, -0.2) is 38.7 Å². The lowest BCUT2D eigenvalue weighted by Gasteiger charge is -2.06. The minimum atomic E-state index is -1.10. The first-order valence-corrected chi connectivity index (χ1v) is 12.5. The van der Waals surface area contributed by atoms with Crippen molar-refractivity contribution < 1.29 is 30.0 Å². The predicted molar refractivity (Wildman–Crippen MR) is 142 cm³/mol. The number of hydrogen-bond acceptors (Lipinski definition) is 6. The number of rotatable bonds is 12. The molecule has 0 amide bonds. The van der Waals surface area contributed by atoms with Gasteiger partial charge >= 0.3 is 11.9 Å². The highest BCUT2D eigenvalue weighted by atomic mass is 32.1. The number of unbranched alkanes of at least 4 members (excludes halogenated alkanes) is 4. The van der Waals surface area contributed by atoms with Gasteiger partial charge < -0.3 is 20.4 Å². The molecule has 0 saturated carbocycles. The van der Waals surface area contributed by atoms with Crippen LogP contribution in [0.1, 0.15) is 79.9 Å². The SMILES string of the molecule is CCCCCCCC(O)O.O=C(O)CC(S)c1ccccc1.O=C(O)CC(S)c1ccccc1. The minimum absolute atomic E-state index is 0.0626. The molecule has 2 atom stereocenters. The Labute approximate surface area is 213 Å². The maximum absolute atomic E-state index is 10.3. The Hall–Kier alpha value is -2.00. The zero-order valence-corrected chi connectivity index (χ0v) is 21.5. The topological polar surface area (TPSA) is 115 Å². The van der Waals surface area contributed by atoms with Crippen LogP contribution in [0, 0.1) is 0 Å². The second-order valence-electron chi connectivity index (χ2n) is 7.73. The maximum Gasteiger partial charge on any atom is 0.304 e. The molecule has 0 aromatic heterocycles. The van der Waals surface area contributed by atoms with Gasteiger partial charge in [0.1, 0.15) is 0 Å². The molecule has 4 N–H and O–H groups in total. The molecule has 0 aliphatic rings. The van der Waals surface area contributed by atoms with E-state index in [4.69, 9.17) is 20.4 Å². The van der Waals surface area contributed by atoms with E-state index >= 15 is 0 Å². The van der Waals surface area contributed by atoms with E-state index in [1.54, 1.807) is 0 Å². The molecule has 2 unspecified atom stereocenters. The van der Waals surface area contributed by atoms with Crippen molar-refractivity contribution >= 4 is 37.2 Å². The third kappa shape index (κ3) is 18.4. The van der Waals surface area contributed by atoms with Gasteiger partial charge in [0.2, 0.25) is 0 Å². The van der Waals surface area contributed by atoms with Crippen LogP contribution >= 0.6 is 25.3 Å². The molecular formula is C26H38O6S2. The van der Waals surface area contributed by atoms with Crippen molar-refractivity contribution in [1.82, 2.24) is 0 Å². The summed E-state index contributed by atoms with van der Waals surface area (Å²) in [6, 6.07) is 18.8. The number of hydrogen-bond donors (Lipinski definition) is 6. The summed E-state index contributed by atoms with van der Waals surface area (Å²) in [5.74, 6) is -1.64. The fourth-order valence-electron chi connectivity index (χ4n) is 2.85. The summed E-state index contributed by atoms with van der Waals surface area (Å²) >= 11 is 8.36. The van der Waals surface area contributed by atoms with E-state index in [0.717, 1.165) is 24.0 Å². The largest absolute Gasteiger partial charge is 0.481 e. The van der Waals surface area contributed by atoms with Gasteiger partial charge in [-0.2, -0.15) is 25.3 Å². The van der Waals surface area contributed by atoms with Gasteiger partial charge in [-0.15, -0.1) is 0 Å². The molecule has 0 saturated heterocycles. The molecule has 0 radical (unpaired) electrons. The molecule has 34 heavy (non-hydrogen) atoms. The van der Waals surface area contributed by atoms with Crippen LogP contribution in [0.5, 0.6) is 0 Å². The lowest BCUT2D eigenvalue weighted by atomic mass is 10.1. The number of carboxylic acid groups (broad SMARTS) is 2. The quantitative estimate of drug-likeness (QED) is 0.120. The highest BCUT2D eigenvalue weighted by Gasteiger charge is 2.10. The second kappa shape index (κ2) is 20.4. The van der Waals surface area contributed by atoms with Crippen LogP contribution in [0.2, 0.25) is 0 Å². The van der Waals surface area contributed by atoms with Gasteiger partial charge in [0, 0.05) is 10.5 Å². The van der Waals surface area contributed by atoms with E-state index in [1.807, 2.05) is 60.7 Å². The van der Waals surface area contributed by atoms with E-state index in [-0.39, 0.29) is 23.3 Å². The molecule has 2 aromatic carbocycles. The fraction of sp³-hybridized carbons (Fsp3) is 0.462. The van der Waals surface area contributed by atoms with Crippen molar-refractivity contribution in [2.24, 2.45) is 0 Å². The maximum atomic E-state index is 10.3. The van der Waals surface area contributed by atoms with Crippen LogP contribution < -0.4 is 0 Å². The molecule has 0 heterocycles. The molecule has 0 aliphatic heterocycles. The summed E-state index contributed by atoms with van der Waals surface area (Å²) in [4.78, 5) is 20.7. The summed E-state index contributed by atoms with van der Waals surface area (Å²) in [5, 5.41) is 33.5. The molecular weight excluding hydrogens is 472 g/mol. The summed E-state index contributed by atoms with van der Waals surface area (Å²) in [5.41, 5.74) is 1.89. The first-order valence-electron chi connectivity index (χ1n) is 11.4. The Kier molecular flexibility index (Phi) is 19.2. The van der Waals surface area contributed by atoms with Crippen molar-refractivity contribution in [2.45, 2.75) is 75.1 Å². The van der Waals surface area contributed by atoms with E-state index in [2.05, 4.69) is 32.2 Å². The van der Waals surface area contributed by atoms with Gasteiger partial charge in [-0.3, -0.25) is 9.59 Å². The smallest absolute Gasteiger partial charge is 0.304 e. The Bertz CT molecular complexity index is 714. The number of carbonyl (C=O) groups is 2. The standard InChI is InChI=1S/2C9H10O2S.C8H18O2/c2*10-9(11)6-8(12)7-4-2-1-3-5-7;1-2-3-4-5-6-7-8(9)10/h2*1-5,8,12H,6H2,(H,10,11);8-10H,2-7H2,1H3. The van der Waals surface area contributed by atoms with Gasteiger partial charge in [-0.1, -0.05) is 93.3 Å². The summed E-state index contributed by atoms with van der Waals surface area (Å²) in [6.07, 6.45) is 5.36. The minimum Gasteiger partial charge on any atom is -0.481 e. The van der Waals surface area contributed by atoms with E-state index in [1.165, 1.54) is 19.3 Å². The zero-order chi connectivity index (χ0) is 25.8. The van der Waals surface area contributed by atoms with E-state index < -0.39 is 18.2 Å². The van der Waals surface area contributed by atoms with Gasteiger partial charge in [0.15, 0.2) is 6.29 Å². The first kappa shape index (κ1) is 32.0. The Balaban J connectivity index is 0.000000484. The van der Waals surface area contributed by atoms with Crippen LogP contribution in [0.15, 0.2) is 60.7 Å². The lowest BCUT2D eigenvalue weighted by Crippen LogP contribution is -2.02. The monoisotopic (exact) mass is 510 g/mol. The van der Waals surface area contributed by atoms with E-state index in [9.17, 15) is 9.59 Å². The number of aliphatic hydroxyl groups is 2. The van der Waals surface area contributed by atoms with Crippen molar-refractivity contribution in [3.63, 3.8) is 0 Å². The number of aliphatic carboxylic acids is 2. The number of aliphatic hydroxyl groups excluding tert-OH is 1. The van der Waals surface area contributed by atoms with Gasteiger partial charge in [0.05, 0.1) is 12.8 Å². The number of carboxylic acids is 2. The lowest BCUT2D eigenvalue weighted by molar-refractivity contribution is -0.138. The number of thiol groups is 2. The molecule has 0 spiro atoms. The van der Waals surface area contributed by atoms with Crippen molar-refractivity contribution in [3.8, 4) is 0 Å². The second-order valence-corrected chi connectivity index (χ2v) is 8.98. The Morgan fingerprint density at radius 2 is 1.09 bits per heavy atom. The molecule has 0 aliphatic carbocycles. The van der Waals surface area contributed by atoms with Crippen LogP contribution in [0.25, 0.3) is 0 Å². The first-order chi connectivity index (χ1) is 16.2. The predicted octanol–water partition coefficient (Wildman–Crippen LogP) is 5.92. The molecule has 2 aromatic rings.